The molecule has 9 heteroatoms. The highest BCUT2D eigenvalue weighted by atomic mass is 35.5. The fourth-order valence-corrected chi connectivity index (χ4v) is 2.79. The molecule has 0 spiro atoms. The lowest BCUT2D eigenvalue weighted by Crippen LogP contribution is -2.43. The van der Waals surface area contributed by atoms with Crippen LogP contribution in [0, 0.1) is 5.82 Å². The maximum atomic E-state index is 13.9. The number of ether oxygens (including phenoxy) is 1. The van der Waals surface area contributed by atoms with Gasteiger partial charge in [0.25, 0.3) is 0 Å². The minimum absolute atomic E-state index is 0.173. The zero-order chi connectivity index (χ0) is 19.4. The van der Waals surface area contributed by atoms with Gasteiger partial charge in [0, 0.05) is 6.07 Å². The average Bonchev–Trinajstić information content (AvgIpc) is 2.76. The number of carbonyl (C=O) groups is 2. The Hall–Kier alpha value is -3.13. The van der Waals surface area contributed by atoms with Crippen LogP contribution in [0.25, 0.3) is 0 Å². The van der Waals surface area contributed by atoms with Crippen molar-refractivity contribution in [1.82, 2.24) is 10.9 Å². The summed E-state index contributed by atoms with van der Waals surface area (Å²) < 4.78 is 18.6. The molecule has 0 saturated heterocycles. The largest absolute Gasteiger partial charge is 0.449 e. The van der Waals surface area contributed by atoms with Gasteiger partial charge in [0.1, 0.15) is 11.7 Å². The van der Waals surface area contributed by atoms with Crippen molar-refractivity contribution in [3.8, 4) is 0 Å². The minimum atomic E-state index is -0.709. The van der Waals surface area contributed by atoms with E-state index in [1.807, 2.05) is 0 Å². The maximum Gasteiger partial charge on any atom is 0.425 e. The molecule has 0 unspecified atom stereocenters. The zero-order valence-corrected chi connectivity index (χ0v) is 15.1. The van der Waals surface area contributed by atoms with E-state index in [2.05, 4.69) is 15.8 Å². The molecule has 2 aromatic carbocycles. The second-order valence-corrected chi connectivity index (χ2v) is 5.93. The molecular weight excluding hydrogens is 375 g/mol. The minimum Gasteiger partial charge on any atom is -0.449 e. The smallest absolute Gasteiger partial charge is 0.425 e. The summed E-state index contributed by atoms with van der Waals surface area (Å²) in [4.78, 5) is 30.0. The topological polar surface area (TPSA) is 83.0 Å². The Morgan fingerprint density at radius 3 is 2.81 bits per heavy atom. The van der Waals surface area contributed by atoms with Gasteiger partial charge in [-0.05, 0) is 31.2 Å². The first kappa shape index (κ1) is 18.7. The number of para-hydroxylation sites is 1. The standard InChI is InChI=1S/C18H16ClFN4O3/c1-2-27-18(26)23-22-16-10-17(25)24(14-6-4-3-5-12(14)19)15-9-11(20)7-8-13(15)21-16/h3-9H,2,10H2,1H3,(H,21,22)(H,23,26). The second kappa shape index (κ2) is 8.05. The van der Waals surface area contributed by atoms with Crippen molar-refractivity contribution < 1.29 is 18.7 Å². The number of carbonyl (C=O) groups excluding carboxylic acids is 2. The molecule has 0 atom stereocenters. The molecule has 1 aliphatic rings. The predicted octanol–water partition coefficient (Wildman–Crippen LogP) is 3.83. The van der Waals surface area contributed by atoms with E-state index < -0.39 is 17.8 Å². The van der Waals surface area contributed by atoms with Crippen LogP contribution in [0.15, 0.2) is 47.5 Å². The van der Waals surface area contributed by atoms with Gasteiger partial charge >= 0.3 is 6.09 Å². The number of hydrazine groups is 1. The molecule has 0 aliphatic carbocycles. The van der Waals surface area contributed by atoms with Gasteiger partial charge in [0.05, 0.1) is 35.1 Å². The molecular formula is C18H16ClFN4O3. The lowest BCUT2D eigenvalue weighted by atomic mass is 10.2. The Labute approximate surface area is 159 Å². The van der Waals surface area contributed by atoms with E-state index in [4.69, 9.17) is 16.3 Å². The predicted molar refractivity (Wildman–Crippen MR) is 100 cm³/mol. The van der Waals surface area contributed by atoms with Crippen molar-refractivity contribution in [2.24, 2.45) is 4.99 Å². The quantitative estimate of drug-likeness (QED) is 0.763. The van der Waals surface area contributed by atoms with Crippen LogP contribution in [0.2, 0.25) is 5.02 Å². The number of aliphatic imine (C=N–C) groups is 1. The first-order chi connectivity index (χ1) is 13.0. The van der Waals surface area contributed by atoms with E-state index in [0.29, 0.717) is 16.4 Å². The Morgan fingerprint density at radius 1 is 1.30 bits per heavy atom. The SMILES string of the molecule is CCOC(=O)NNC1=Nc2ccc(F)cc2N(c2ccccc2Cl)C(=O)C1. The van der Waals surface area contributed by atoms with Gasteiger partial charge in [-0.2, -0.15) is 0 Å². The number of halogens is 2. The Balaban J connectivity index is 1.99. The van der Waals surface area contributed by atoms with Crippen molar-refractivity contribution >= 4 is 46.5 Å². The first-order valence-corrected chi connectivity index (χ1v) is 8.50. The van der Waals surface area contributed by atoms with Gasteiger partial charge < -0.3 is 4.74 Å². The highest BCUT2D eigenvalue weighted by molar-refractivity contribution is 6.34. The number of amides is 2. The van der Waals surface area contributed by atoms with Crippen LogP contribution in [-0.4, -0.2) is 24.4 Å². The van der Waals surface area contributed by atoms with Gasteiger partial charge in [0.15, 0.2) is 0 Å². The van der Waals surface area contributed by atoms with Crippen molar-refractivity contribution in [2.75, 3.05) is 11.5 Å². The van der Waals surface area contributed by atoms with Crippen LogP contribution in [0.1, 0.15) is 13.3 Å². The molecule has 0 saturated carbocycles. The van der Waals surface area contributed by atoms with Crippen molar-refractivity contribution in [2.45, 2.75) is 13.3 Å². The van der Waals surface area contributed by atoms with E-state index in [-0.39, 0.29) is 24.6 Å². The summed E-state index contributed by atoms with van der Waals surface area (Å²) in [7, 11) is 0. The number of rotatable bonds is 2. The monoisotopic (exact) mass is 390 g/mol. The van der Waals surface area contributed by atoms with Crippen molar-refractivity contribution in [3.05, 3.63) is 53.3 Å². The van der Waals surface area contributed by atoms with Crippen LogP contribution in [0.4, 0.5) is 26.2 Å². The average molecular weight is 391 g/mol. The van der Waals surface area contributed by atoms with Gasteiger partial charge in [-0.25, -0.2) is 19.6 Å². The summed E-state index contributed by atoms with van der Waals surface area (Å²) in [6.45, 7) is 1.86. The fraction of sp³-hybridized carbons (Fsp3) is 0.167. The van der Waals surface area contributed by atoms with E-state index in [0.717, 1.165) is 0 Å². The van der Waals surface area contributed by atoms with Gasteiger partial charge in [-0.3, -0.25) is 15.1 Å². The summed E-state index contributed by atoms with van der Waals surface area (Å²) in [6, 6.07) is 10.6. The molecule has 2 N–H and O–H groups in total. The first-order valence-electron chi connectivity index (χ1n) is 8.13. The number of hydrogen-bond donors (Lipinski definition) is 2. The molecule has 27 heavy (non-hydrogen) atoms. The molecule has 0 fully saturated rings. The van der Waals surface area contributed by atoms with Crippen LogP contribution in [-0.2, 0) is 9.53 Å². The third-order valence-electron chi connectivity index (χ3n) is 3.68. The summed E-state index contributed by atoms with van der Waals surface area (Å²) >= 11 is 6.24. The second-order valence-electron chi connectivity index (χ2n) is 5.52. The summed E-state index contributed by atoms with van der Waals surface area (Å²) in [5.74, 6) is -0.741. The van der Waals surface area contributed by atoms with Gasteiger partial charge in [-0.1, -0.05) is 23.7 Å². The number of amidine groups is 1. The summed E-state index contributed by atoms with van der Waals surface area (Å²) in [6.07, 6.45) is -0.882. The van der Waals surface area contributed by atoms with Crippen LogP contribution in [0.3, 0.4) is 0 Å². The Kier molecular flexibility index (Phi) is 5.56. The zero-order valence-electron chi connectivity index (χ0n) is 14.3. The number of fused-ring (bicyclic) bond motifs is 1. The number of benzene rings is 2. The molecule has 0 bridgehead atoms. The maximum absolute atomic E-state index is 13.9. The molecule has 7 nitrogen and oxygen atoms in total. The number of hydrogen-bond acceptors (Lipinski definition) is 5. The molecule has 3 rings (SSSR count). The molecule has 140 valence electrons. The lowest BCUT2D eigenvalue weighted by molar-refractivity contribution is -0.116. The number of anilines is 2. The molecule has 1 aliphatic heterocycles. The summed E-state index contributed by atoms with van der Waals surface area (Å²) in [5.41, 5.74) is 5.87. The van der Waals surface area contributed by atoms with Crippen molar-refractivity contribution in [3.63, 3.8) is 0 Å². The van der Waals surface area contributed by atoms with E-state index in [1.165, 1.54) is 23.1 Å². The Morgan fingerprint density at radius 2 is 2.07 bits per heavy atom. The van der Waals surface area contributed by atoms with Crippen LogP contribution >= 0.6 is 11.6 Å². The van der Waals surface area contributed by atoms with E-state index >= 15 is 0 Å². The molecule has 1 heterocycles. The lowest BCUT2D eigenvalue weighted by Gasteiger charge is -2.23. The number of nitrogens with one attached hydrogen (secondary N) is 2. The van der Waals surface area contributed by atoms with Gasteiger partial charge in [0.2, 0.25) is 5.91 Å². The van der Waals surface area contributed by atoms with E-state index in [9.17, 15) is 14.0 Å². The third kappa shape index (κ3) is 4.17. The molecule has 0 radical (unpaired) electrons. The highest BCUT2D eigenvalue weighted by Crippen LogP contribution is 2.39. The van der Waals surface area contributed by atoms with E-state index in [1.54, 1.807) is 31.2 Å². The Bertz CT molecular complexity index is 919. The van der Waals surface area contributed by atoms with Gasteiger partial charge in [-0.15, -0.1) is 0 Å². The highest BCUT2D eigenvalue weighted by Gasteiger charge is 2.27. The molecule has 2 amide bonds. The molecule has 2 aromatic rings. The molecule has 0 aromatic heterocycles. The van der Waals surface area contributed by atoms with Crippen molar-refractivity contribution in [1.29, 1.82) is 0 Å². The third-order valence-corrected chi connectivity index (χ3v) is 4.00. The normalized spacial score (nSPS) is 13.4. The van der Waals surface area contributed by atoms with Crippen LogP contribution in [0.5, 0.6) is 0 Å². The number of nitrogens with zero attached hydrogens (tertiary/aromatic N) is 2. The fourth-order valence-electron chi connectivity index (χ4n) is 2.57. The summed E-state index contributed by atoms with van der Waals surface area (Å²) in [5, 5.41) is 0.335. The van der Waals surface area contributed by atoms with Crippen LogP contribution < -0.4 is 15.8 Å².